The molecule has 1 rings (SSSR count). The second-order valence-electron chi connectivity index (χ2n) is 2.72. The van der Waals surface area contributed by atoms with Gasteiger partial charge in [-0.25, -0.2) is 0 Å². The molecule has 0 saturated carbocycles. The fraction of sp³-hybridized carbons (Fsp3) is 0.250. The number of aliphatic hydroxyl groups excluding tert-OH is 1. The highest BCUT2D eigenvalue weighted by atomic mass is 35.5. The molecule has 0 spiro atoms. The van der Waals surface area contributed by atoms with Crippen molar-refractivity contribution in [3.8, 4) is 0 Å². The van der Waals surface area contributed by atoms with Crippen molar-refractivity contribution in [2.45, 2.75) is 6.10 Å². The van der Waals surface area contributed by atoms with Crippen molar-refractivity contribution in [3.05, 3.63) is 38.9 Å². The average Bonchev–Trinajstić information content (AvgIpc) is 2.15. The molecule has 0 heterocycles. The summed E-state index contributed by atoms with van der Waals surface area (Å²) in [6, 6.07) is 4.02. The summed E-state index contributed by atoms with van der Waals surface area (Å²) < 4.78 is 0. The van der Waals surface area contributed by atoms with Crippen LogP contribution in [0.2, 0.25) is 5.02 Å². The molecule has 0 saturated heterocycles. The molecule has 0 amide bonds. The molecule has 0 aliphatic rings. The Morgan fingerprint density at radius 2 is 2.29 bits per heavy atom. The first-order chi connectivity index (χ1) is 6.56. The Morgan fingerprint density at radius 3 is 2.71 bits per heavy atom. The zero-order valence-corrected chi connectivity index (χ0v) is 7.94. The van der Waals surface area contributed by atoms with Gasteiger partial charge in [0.25, 0.3) is 5.69 Å². The van der Waals surface area contributed by atoms with Crippen molar-refractivity contribution >= 4 is 17.3 Å². The van der Waals surface area contributed by atoms with Gasteiger partial charge in [-0.15, -0.1) is 0 Å². The number of hydrogen-bond donors (Lipinski definition) is 2. The Labute approximate surface area is 85.3 Å². The first-order valence-electron chi connectivity index (χ1n) is 3.88. The third-order valence-corrected chi connectivity index (χ3v) is 2.08. The number of rotatable bonds is 3. The molecule has 76 valence electrons. The molecule has 1 unspecified atom stereocenters. The number of hydrogen-bond acceptors (Lipinski definition) is 4. The van der Waals surface area contributed by atoms with Crippen molar-refractivity contribution in [1.82, 2.24) is 0 Å². The van der Waals surface area contributed by atoms with Crippen LogP contribution in [-0.2, 0) is 0 Å². The smallest absolute Gasteiger partial charge is 0.287 e. The summed E-state index contributed by atoms with van der Waals surface area (Å²) in [5.41, 5.74) is 5.52. The molecule has 0 radical (unpaired) electrons. The summed E-state index contributed by atoms with van der Waals surface area (Å²) in [6.45, 7) is 0.0497. The maximum Gasteiger partial charge on any atom is 0.287 e. The average molecular weight is 217 g/mol. The van der Waals surface area contributed by atoms with Gasteiger partial charge < -0.3 is 10.8 Å². The summed E-state index contributed by atoms with van der Waals surface area (Å²) in [5, 5.41) is 19.7. The third kappa shape index (κ3) is 2.20. The Bertz CT molecular complexity index is 356. The lowest BCUT2D eigenvalue weighted by Crippen LogP contribution is -2.11. The van der Waals surface area contributed by atoms with Crippen molar-refractivity contribution in [2.75, 3.05) is 6.54 Å². The van der Waals surface area contributed by atoms with E-state index in [2.05, 4.69) is 0 Å². The monoisotopic (exact) mass is 216 g/mol. The maximum absolute atomic E-state index is 10.4. The van der Waals surface area contributed by atoms with Crippen LogP contribution in [0.3, 0.4) is 0 Å². The second kappa shape index (κ2) is 4.36. The molecular weight excluding hydrogens is 208 g/mol. The van der Waals surface area contributed by atoms with Crippen LogP contribution in [0.5, 0.6) is 0 Å². The predicted octanol–water partition coefficient (Wildman–Crippen LogP) is 1.24. The van der Waals surface area contributed by atoms with Crippen LogP contribution in [0.4, 0.5) is 5.69 Å². The molecule has 0 bridgehead atoms. The minimum Gasteiger partial charge on any atom is -0.387 e. The molecule has 1 aromatic rings. The largest absolute Gasteiger partial charge is 0.387 e. The maximum atomic E-state index is 10.4. The summed E-state index contributed by atoms with van der Waals surface area (Å²) in [4.78, 5) is 9.82. The van der Waals surface area contributed by atoms with E-state index >= 15 is 0 Å². The van der Waals surface area contributed by atoms with E-state index in [1.165, 1.54) is 18.2 Å². The van der Waals surface area contributed by atoms with E-state index in [1.54, 1.807) is 0 Å². The molecule has 6 heteroatoms. The molecule has 0 aliphatic heterocycles. The van der Waals surface area contributed by atoms with Crippen molar-refractivity contribution < 1.29 is 10.0 Å². The van der Waals surface area contributed by atoms with Crippen LogP contribution >= 0.6 is 11.6 Å². The highest BCUT2D eigenvalue weighted by Crippen LogP contribution is 2.27. The van der Waals surface area contributed by atoms with E-state index < -0.39 is 11.0 Å². The van der Waals surface area contributed by atoms with Crippen LogP contribution in [0, 0.1) is 10.1 Å². The van der Waals surface area contributed by atoms with Gasteiger partial charge in [0.15, 0.2) is 0 Å². The number of halogens is 1. The fourth-order valence-corrected chi connectivity index (χ4v) is 1.27. The van der Waals surface area contributed by atoms with Crippen LogP contribution in [0.1, 0.15) is 11.7 Å². The molecule has 5 nitrogen and oxygen atoms in total. The Morgan fingerprint density at radius 1 is 1.64 bits per heavy atom. The first kappa shape index (κ1) is 10.9. The minimum absolute atomic E-state index is 0.000000000000000444. The van der Waals surface area contributed by atoms with Gasteiger partial charge in [-0.05, 0) is 17.7 Å². The number of nitro groups is 1. The molecule has 0 fully saturated rings. The third-order valence-electron chi connectivity index (χ3n) is 1.78. The molecule has 1 atom stereocenters. The number of nitrogens with zero attached hydrogens (tertiary/aromatic N) is 1. The van der Waals surface area contributed by atoms with Crippen LogP contribution < -0.4 is 5.73 Å². The van der Waals surface area contributed by atoms with Gasteiger partial charge in [0.05, 0.1) is 11.0 Å². The molecule has 1 aromatic carbocycles. The summed E-state index contributed by atoms with van der Waals surface area (Å²) in [7, 11) is 0. The Balaban J connectivity index is 3.06. The minimum atomic E-state index is -0.840. The van der Waals surface area contributed by atoms with Gasteiger partial charge >= 0.3 is 0 Å². The number of nitro benzene ring substituents is 1. The molecule has 3 N–H and O–H groups in total. The highest BCUT2D eigenvalue weighted by molar-refractivity contribution is 6.32. The van der Waals surface area contributed by atoms with Gasteiger partial charge in [0.1, 0.15) is 5.02 Å². The summed E-state index contributed by atoms with van der Waals surface area (Å²) >= 11 is 5.63. The van der Waals surface area contributed by atoms with Gasteiger partial charge in [0.2, 0.25) is 0 Å². The van der Waals surface area contributed by atoms with E-state index in [0.717, 1.165) is 0 Å². The molecule has 0 aliphatic carbocycles. The number of nitrogens with two attached hydrogens (primary N) is 1. The van der Waals surface area contributed by atoms with Crippen molar-refractivity contribution in [1.29, 1.82) is 0 Å². The van der Waals surface area contributed by atoms with E-state index in [9.17, 15) is 15.2 Å². The van der Waals surface area contributed by atoms with Crippen LogP contribution in [0.15, 0.2) is 18.2 Å². The van der Waals surface area contributed by atoms with E-state index in [1.807, 2.05) is 0 Å². The van der Waals surface area contributed by atoms with E-state index in [4.69, 9.17) is 17.3 Å². The van der Waals surface area contributed by atoms with Crippen molar-refractivity contribution in [2.24, 2.45) is 5.73 Å². The van der Waals surface area contributed by atoms with E-state index in [0.29, 0.717) is 5.56 Å². The van der Waals surface area contributed by atoms with Crippen LogP contribution in [-0.4, -0.2) is 16.6 Å². The Kier molecular flexibility index (Phi) is 3.40. The van der Waals surface area contributed by atoms with Crippen LogP contribution in [0.25, 0.3) is 0 Å². The summed E-state index contributed by atoms with van der Waals surface area (Å²) in [6.07, 6.45) is -0.840. The van der Waals surface area contributed by atoms with Gasteiger partial charge in [-0.1, -0.05) is 11.6 Å². The lowest BCUT2D eigenvalue weighted by molar-refractivity contribution is -0.384. The number of aliphatic hydroxyl groups is 1. The molecule has 14 heavy (non-hydrogen) atoms. The lowest BCUT2D eigenvalue weighted by atomic mass is 10.1. The SMILES string of the molecule is NCC(O)c1ccc([N+](=O)[O-])c(Cl)c1. The van der Waals surface area contributed by atoms with E-state index in [-0.39, 0.29) is 17.3 Å². The highest BCUT2D eigenvalue weighted by Gasteiger charge is 2.14. The predicted molar refractivity (Wildman–Crippen MR) is 52.1 cm³/mol. The standard InChI is InChI=1S/C8H9ClN2O3/c9-6-3-5(8(12)4-10)1-2-7(6)11(13)14/h1-3,8,12H,4,10H2. The lowest BCUT2D eigenvalue weighted by Gasteiger charge is -2.07. The van der Waals surface area contributed by atoms with Crippen molar-refractivity contribution in [3.63, 3.8) is 0 Å². The molecular formula is C8H9ClN2O3. The first-order valence-corrected chi connectivity index (χ1v) is 4.26. The fourth-order valence-electron chi connectivity index (χ4n) is 1.01. The second-order valence-corrected chi connectivity index (χ2v) is 3.13. The van der Waals surface area contributed by atoms with Gasteiger partial charge in [0, 0.05) is 12.6 Å². The molecule has 0 aromatic heterocycles. The zero-order chi connectivity index (χ0) is 10.7. The zero-order valence-electron chi connectivity index (χ0n) is 7.18. The number of benzene rings is 1. The Hall–Kier alpha value is -1.17. The normalized spacial score (nSPS) is 12.5. The van der Waals surface area contributed by atoms with Gasteiger partial charge in [-0.3, -0.25) is 10.1 Å². The quantitative estimate of drug-likeness (QED) is 0.588. The topological polar surface area (TPSA) is 89.4 Å². The van der Waals surface area contributed by atoms with Gasteiger partial charge in [-0.2, -0.15) is 0 Å². The summed E-state index contributed by atoms with van der Waals surface area (Å²) in [5.74, 6) is 0.